The Morgan fingerprint density at radius 3 is 2.18 bits per heavy atom. The van der Waals surface area contributed by atoms with Gasteiger partial charge in [-0.2, -0.15) is 4.31 Å². The van der Waals surface area contributed by atoms with Crippen molar-refractivity contribution >= 4 is 21.6 Å². The fourth-order valence-electron chi connectivity index (χ4n) is 3.95. The first-order chi connectivity index (χ1) is 15.3. The largest absolute Gasteiger partial charge is 1.00 e. The van der Waals surface area contributed by atoms with E-state index in [9.17, 15) is 13.2 Å². The standard InChI is InChI=1S/C24H34N4O3S.ClH/c1-4-28(5-2)32(30,31)22-12-11-20(3)23(17-22)25-24(29)19-27-15-13-26(14-16-27)18-21-9-7-6-8-10-21;/h6-12,17H,4-5,13-16,18-19H2,1-3H3,(H,25,29);1H/p-1. The van der Waals surface area contributed by atoms with Crippen LogP contribution in [0.1, 0.15) is 25.0 Å². The number of carbonyl (C=O) groups is 1. The number of nitrogens with zero attached hydrogens (tertiary/aromatic N) is 3. The van der Waals surface area contributed by atoms with E-state index in [0.717, 1.165) is 38.3 Å². The van der Waals surface area contributed by atoms with Crippen LogP contribution in [0.15, 0.2) is 53.4 Å². The van der Waals surface area contributed by atoms with Gasteiger partial charge < -0.3 is 17.7 Å². The summed E-state index contributed by atoms with van der Waals surface area (Å²) in [5.74, 6) is -0.123. The van der Waals surface area contributed by atoms with Crippen LogP contribution >= 0.6 is 0 Å². The maximum atomic E-state index is 12.8. The quantitative estimate of drug-likeness (QED) is 0.523. The van der Waals surface area contributed by atoms with Gasteiger partial charge in [-0.15, -0.1) is 0 Å². The first kappa shape index (κ1) is 27.3. The second-order valence-corrected chi connectivity index (χ2v) is 10.1. The molecule has 0 aromatic heterocycles. The Balaban J connectivity index is 0.00000385. The molecule has 1 N–H and O–H groups in total. The number of carbonyl (C=O) groups excluding carboxylic acids is 1. The molecule has 0 aliphatic carbocycles. The molecule has 1 heterocycles. The van der Waals surface area contributed by atoms with E-state index < -0.39 is 10.0 Å². The monoisotopic (exact) mass is 493 g/mol. The molecule has 0 spiro atoms. The van der Waals surface area contributed by atoms with E-state index >= 15 is 0 Å². The van der Waals surface area contributed by atoms with Crippen LogP contribution in [-0.2, 0) is 21.4 Å². The topological polar surface area (TPSA) is 73.0 Å². The highest BCUT2D eigenvalue weighted by molar-refractivity contribution is 7.89. The van der Waals surface area contributed by atoms with E-state index in [-0.39, 0.29) is 23.2 Å². The highest BCUT2D eigenvalue weighted by Gasteiger charge is 2.23. The normalized spacial score (nSPS) is 15.3. The van der Waals surface area contributed by atoms with Crippen molar-refractivity contribution in [1.82, 2.24) is 14.1 Å². The number of rotatable bonds is 9. The molecule has 0 saturated carbocycles. The number of hydrogen-bond acceptors (Lipinski definition) is 5. The number of sulfonamides is 1. The van der Waals surface area contributed by atoms with Gasteiger partial charge in [0.25, 0.3) is 0 Å². The molecule has 0 radical (unpaired) electrons. The number of hydrogen-bond donors (Lipinski definition) is 1. The maximum Gasteiger partial charge on any atom is 0.243 e. The summed E-state index contributed by atoms with van der Waals surface area (Å²) < 4.78 is 27.1. The van der Waals surface area contributed by atoms with Crippen LogP contribution in [0.5, 0.6) is 0 Å². The van der Waals surface area contributed by atoms with E-state index in [2.05, 4.69) is 39.4 Å². The van der Waals surface area contributed by atoms with E-state index in [1.165, 1.54) is 9.87 Å². The summed E-state index contributed by atoms with van der Waals surface area (Å²) in [5.41, 5.74) is 2.68. The number of amides is 1. The van der Waals surface area contributed by atoms with Crippen molar-refractivity contribution in [2.75, 3.05) is 51.1 Å². The molecule has 0 unspecified atom stereocenters. The van der Waals surface area contributed by atoms with Crippen LogP contribution < -0.4 is 17.7 Å². The summed E-state index contributed by atoms with van der Waals surface area (Å²) >= 11 is 0. The molecule has 182 valence electrons. The molecule has 0 bridgehead atoms. The van der Waals surface area contributed by atoms with Gasteiger partial charge in [0, 0.05) is 51.5 Å². The van der Waals surface area contributed by atoms with Crippen molar-refractivity contribution in [1.29, 1.82) is 0 Å². The van der Waals surface area contributed by atoms with Crippen molar-refractivity contribution in [2.24, 2.45) is 0 Å². The average Bonchev–Trinajstić information content (AvgIpc) is 2.78. The first-order valence-electron chi connectivity index (χ1n) is 11.2. The van der Waals surface area contributed by atoms with Crippen molar-refractivity contribution in [3.05, 3.63) is 59.7 Å². The second-order valence-electron chi connectivity index (χ2n) is 8.15. The maximum absolute atomic E-state index is 12.8. The number of halogens is 1. The van der Waals surface area contributed by atoms with E-state index in [4.69, 9.17) is 0 Å². The van der Waals surface area contributed by atoms with Gasteiger partial charge in [0.2, 0.25) is 15.9 Å². The Kier molecular flexibility index (Phi) is 10.3. The van der Waals surface area contributed by atoms with Crippen molar-refractivity contribution in [2.45, 2.75) is 32.2 Å². The molecule has 1 aliphatic rings. The van der Waals surface area contributed by atoms with Gasteiger partial charge in [-0.25, -0.2) is 8.42 Å². The highest BCUT2D eigenvalue weighted by atomic mass is 35.5. The molecule has 1 fully saturated rings. The summed E-state index contributed by atoms with van der Waals surface area (Å²) in [6, 6.07) is 15.3. The zero-order chi connectivity index (χ0) is 23.1. The van der Waals surface area contributed by atoms with Crippen LogP contribution in [0.4, 0.5) is 5.69 Å². The molecular weight excluding hydrogens is 460 g/mol. The molecule has 1 saturated heterocycles. The molecule has 33 heavy (non-hydrogen) atoms. The Hall–Kier alpha value is -1.97. The third-order valence-electron chi connectivity index (χ3n) is 5.91. The van der Waals surface area contributed by atoms with Crippen molar-refractivity contribution in [3.8, 4) is 0 Å². The molecule has 0 atom stereocenters. The molecule has 2 aromatic carbocycles. The minimum absolute atomic E-state index is 0. The van der Waals surface area contributed by atoms with E-state index in [1.54, 1.807) is 18.2 Å². The minimum atomic E-state index is -3.57. The number of benzene rings is 2. The third kappa shape index (κ3) is 7.25. The van der Waals surface area contributed by atoms with Crippen molar-refractivity contribution < 1.29 is 25.6 Å². The van der Waals surface area contributed by atoms with Gasteiger partial charge >= 0.3 is 0 Å². The van der Waals surface area contributed by atoms with E-state index in [0.29, 0.717) is 25.3 Å². The molecular formula is C24H34ClN4O3S-. The van der Waals surface area contributed by atoms with Crippen LogP contribution in [0.2, 0.25) is 0 Å². The molecule has 1 amide bonds. The minimum Gasteiger partial charge on any atom is -1.00 e. The number of piperazine rings is 1. The summed E-state index contributed by atoms with van der Waals surface area (Å²) in [6.07, 6.45) is 0. The number of aryl methyl sites for hydroxylation is 1. The van der Waals surface area contributed by atoms with Crippen LogP contribution in [0, 0.1) is 6.92 Å². The summed E-state index contributed by atoms with van der Waals surface area (Å²) in [5, 5.41) is 2.92. The SMILES string of the molecule is CCN(CC)S(=O)(=O)c1ccc(C)c(NC(=O)CN2CCN(Cc3ccccc3)CC2)c1.[Cl-]. The highest BCUT2D eigenvalue weighted by Crippen LogP contribution is 2.23. The lowest BCUT2D eigenvalue weighted by Gasteiger charge is -2.34. The van der Waals surface area contributed by atoms with Gasteiger partial charge in [0.1, 0.15) is 0 Å². The van der Waals surface area contributed by atoms with Gasteiger partial charge in [-0.1, -0.05) is 50.2 Å². The van der Waals surface area contributed by atoms with Crippen LogP contribution in [0.25, 0.3) is 0 Å². The predicted molar refractivity (Wildman–Crippen MR) is 128 cm³/mol. The lowest BCUT2D eigenvalue weighted by atomic mass is 10.2. The lowest BCUT2D eigenvalue weighted by Crippen LogP contribution is -3.00. The number of anilines is 1. The van der Waals surface area contributed by atoms with Crippen LogP contribution in [-0.4, -0.2) is 74.2 Å². The van der Waals surface area contributed by atoms with Gasteiger partial charge in [0.15, 0.2) is 0 Å². The first-order valence-corrected chi connectivity index (χ1v) is 12.7. The number of nitrogens with one attached hydrogen (secondary N) is 1. The van der Waals surface area contributed by atoms with Gasteiger partial charge in [-0.05, 0) is 30.2 Å². The molecule has 2 aromatic rings. The smallest absolute Gasteiger partial charge is 0.243 e. The summed E-state index contributed by atoms with van der Waals surface area (Å²) in [4.78, 5) is 17.4. The average molecular weight is 494 g/mol. The zero-order valence-electron chi connectivity index (χ0n) is 19.6. The molecule has 7 nitrogen and oxygen atoms in total. The zero-order valence-corrected chi connectivity index (χ0v) is 21.2. The Labute approximate surface area is 204 Å². The third-order valence-corrected chi connectivity index (χ3v) is 7.95. The van der Waals surface area contributed by atoms with Gasteiger partial charge in [-0.3, -0.25) is 14.6 Å². The lowest BCUT2D eigenvalue weighted by molar-refractivity contribution is -0.117. The van der Waals surface area contributed by atoms with Crippen LogP contribution in [0.3, 0.4) is 0 Å². The van der Waals surface area contributed by atoms with Crippen molar-refractivity contribution in [3.63, 3.8) is 0 Å². The Morgan fingerprint density at radius 1 is 0.970 bits per heavy atom. The fraction of sp³-hybridized carbons (Fsp3) is 0.458. The molecule has 9 heteroatoms. The second kappa shape index (κ2) is 12.5. The predicted octanol–water partition coefficient (Wildman–Crippen LogP) is -0.214. The summed E-state index contributed by atoms with van der Waals surface area (Å²) in [6.45, 7) is 11.0. The Morgan fingerprint density at radius 2 is 1.58 bits per heavy atom. The fourth-order valence-corrected chi connectivity index (χ4v) is 5.43. The Bertz CT molecular complexity index is 1010. The van der Waals surface area contributed by atoms with Gasteiger partial charge in [0.05, 0.1) is 11.4 Å². The molecule has 3 rings (SSSR count). The van der Waals surface area contributed by atoms with E-state index in [1.807, 2.05) is 26.8 Å². The molecule has 1 aliphatic heterocycles. The summed E-state index contributed by atoms with van der Waals surface area (Å²) in [7, 11) is -3.57.